The molecule has 1 aromatic heterocycles. The highest BCUT2D eigenvalue weighted by Crippen LogP contribution is 2.31. The number of nitrogen functional groups attached to an aromatic ring is 1. The van der Waals surface area contributed by atoms with Crippen molar-refractivity contribution in [2.45, 2.75) is 0 Å². The molecular weight excluding hydrogens is 344 g/mol. The van der Waals surface area contributed by atoms with Gasteiger partial charge < -0.3 is 25.5 Å². The molecule has 1 aromatic carbocycles. The maximum atomic E-state index is 6.46. The lowest BCUT2D eigenvalue weighted by atomic mass is 10.2. The van der Waals surface area contributed by atoms with E-state index in [9.17, 15) is 0 Å². The first kappa shape index (κ1) is 17.2. The minimum atomic E-state index is 0.300. The van der Waals surface area contributed by atoms with Gasteiger partial charge in [-0.15, -0.1) is 0 Å². The summed E-state index contributed by atoms with van der Waals surface area (Å²) < 4.78 is 5.37. The van der Waals surface area contributed by atoms with E-state index in [4.69, 9.17) is 26.9 Å². The van der Waals surface area contributed by atoms with E-state index in [1.165, 1.54) is 19.7 Å². The number of hydrogen-bond acceptors (Lipinski definition) is 8. The summed E-state index contributed by atoms with van der Waals surface area (Å²) in [6, 6.07) is 5.76. The molecule has 3 N–H and O–H groups in total. The molecule has 8 nitrogen and oxygen atoms in total. The first-order valence-electron chi connectivity index (χ1n) is 7.75. The molecule has 0 spiro atoms. The van der Waals surface area contributed by atoms with Gasteiger partial charge in [0.25, 0.3) is 0 Å². The van der Waals surface area contributed by atoms with E-state index < -0.39 is 0 Å². The second-order valence-electron chi connectivity index (χ2n) is 5.33. The zero-order valence-electron chi connectivity index (χ0n) is 13.8. The predicted octanol–water partition coefficient (Wildman–Crippen LogP) is 2.27. The Morgan fingerprint density at radius 1 is 1.36 bits per heavy atom. The summed E-state index contributed by atoms with van der Waals surface area (Å²) >= 11 is 6.46. The second-order valence-corrected chi connectivity index (χ2v) is 5.74. The third-order valence-electron chi connectivity index (χ3n) is 3.76. The number of rotatable bonds is 5. The Labute approximate surface area is 150 Å². The highest BCUT2D eigenvalue weighted by Gasteiger charge is 2.15. The first-order valence-corrected chi connectivity index (χ1v) is 8.13. The Bertz CT molecular complexity index is 764. The van der Waals surface area contributed by atoms with Crippen LogP contribution in [-0.4, -0.2) is 49.6 Å². The standard InChI is InChI=1S/C16H19ClN6O2/c1-24-21-9-12-15(18)19-10-20-16(12)22-11-2-3-14(13(17)8-11)23-4-6-25-7-5-23/h2-3,8-10H,4-7H2,1H3,(H3,18,19,20,22). The van der Waals surface area contributed by atoms with Crippen LogP contribution in [0.4, 0.5) is 23.0 Å². The first-order chi connectivity index (χ1) is 12.2. The maximum Gasteiger partial charge on any atom is 0.144 e. The van der Waals surface area contributed by atoms with Crippen LogP contribution >= 0.6 is 11.6 Å². The summed E-state index contributed by atoms with van der Waals surface area (Å²) in [5, 5.41) is 7.57. The van der Waals surface area contributed by atoms with Gasteiger partial charge in [-0.2, -0.15) is 0 Å². The Balaban J connectivity index is 1.83. The van der Waals surface area contributed by atoms with Crippen molar-refractivity contribution < 1.29 is 9.57 Å². The fraction of sp³-hybridized carbons (Fsp3) is 0.312. The summed E-state index contributed by atoms with van der Waals surface area (Å²) in [6.45, 7) is 3.07. The highest BCUT2D eigenvalue weighted by molar-refractivity contribution is 6.33. The Morgan fingerprint density at radius 3 is 2.88 bits per heavy atom. The molecular formula is C16H19ClN6O2. The molecule has 3 rings (SSSR count). The van der Waals surface area contributed by atoms with Gasteiger partial charge in [0.05, 0.1) is 35.7 Å². The maximum absolute atomic E-state index is 6.46. The lowest BCUT2D eigenvalue weighted by Gasteiger charge is -2.29. The molecule has 1 fully saturated rings. The molecule has 0 amide bonds. The zero-order valence-corrected chi connectivity index (χ0v) is 14.5. The SMILES string of the molecule is CON=Cc1c(N)ncnc1Nc1ccc(N2CCOCC2)c(Cl)c1. The molecule has 2 aromatic rings. The number of hydrogen-bond donors (Lipinski definition) is 2. The Hall–Kier alpha value is -2.58. The van der Waals surface area contributed by atoms with E-state index in [2.05, 4.69) is 25.3 Å². The molecule has 0 radical (unpaired) electrons. The van der Waals surface area contributed by atoms with Crippen molar-refractivity contribution in [1.29, 1.82) is 0 Å². The molecule has 132 valence electrons. The third kappa shape index (κ3) is 4.09. The van der Waals surface area contributed by atoms with E-state index in [1.54, 1.807) is 0 Å². The van der Waals surface area contributed by atoms with Gasteiger partial charge in [-0.25, -0.2) is 9.97 Å². The zero-order chi connectivity index (χ0) is 17.6. The summed E-state index contributed by atoms with van der Waals surface area (Å²) in [5.74, 6) is 0.817. The van der Waals surface area contributed by atoms with Crippen LogP contribution in [0.2, 0.25) is 5.02 Å². The average Bonchev–Trinajstić information content (AvgIpc) is 2.62. The van der Waals surface area contributed by atoms with Crippen LogP contribution in [0.15, 0.2) is 29.7 Å². The topological polar surface area (TPSA) is 97.9 Å². The van der Waals surface area contributed by atoms with Crippen molar-refractivity contribution in [3.63, 3.8) is 0 Å². The molecule has 2 heterocycles. The fourth-order valence-electron chi connectivity index (χ4n) is 2.52. The van der Waals surface area contributed by atoms with Crippen molar-refractivity contribution >= 4 is 40.8 Å². The smallest absolute Gasteiger partial charge is 0.144 e. The lowest BCUT2D eigenvalue weighted by Crippen LogP contribution is -2.36. The molecule has 1 saturated heterocycles. The minimum absolute atomic E-state index is 0.300. The number of oxime groups is 1. The van der Waals surface area contributed by atoms with Gasteiger partial charge >= 0.3 is 0 Å². The van der Waals surface area contributed by atoms with Crippen LogP contribution in [0.1, 0.15) is 5.56 Å². The van der Waals surface area contributed by atoms with E-state index in [1.807, 2.05) is 18.2 Å². The van der Waals surface area contributed by atoms with Crippen molar-refractivity contribution in [1.82, 2.24) is 9.97 Å². The van der Waals surface area contributed by atoms with Gasteiger partial charge in [0.15, 0.2) is 0 Å². The number of anilines is 4. The van der Waals surface area contributed by atoms with Gasteiger partial charge in [0.1, 0.15) is 25.1 Å². The van der Waals surface area contributed by atoms with Crippen molar-refractivity contribution in [2.24, 2.45) is 5.16 Å². The van der Waals surface area contributed by atoms with Crippen LogP contribution in [0.25, 0.3) is 0 Å². The van der Waals surface area contributed by atoms with E-state index in [-0.39, 0.29) is 0 Å². The molecule has 0 aliphatic carbocycles. The van der Waals surface area contributed by atoms with Gasteiger partial charge in [-0.05, 0) is 18.2 Å². The number of nitrogens with two attached hydrogens (primary N) is 1. The summed E-state index contributed by atoms with van der Waals surface area (Å²) in [7, 11) is 1.45. The normalized spacial score (nSPS) is 14.7. The molecule has 25 heavy (non-hydrogen) atoms. The Morgan fingerprint density at radius 2 is 2.16 bits per heavy atom. The number of benzene rings is 1. The van der Waals surface area contributed by atoms with Crippen LogP contribution < -0.4 is 16.0 Å². The van der Waals surface area contributed by atoms with Crippen molar-refractivity contribution in [2.75, 3.05) is 49.4 Å². The van der Waals surface area contributed by atoms with E-state index >= 15 is 0 Å². The number of aromatic nitrogens is 2. The monoisotopic (exact) mass is 362 g/mol. The quantitative estimate of drug-likeness (QED) is 0.621. The van der Waals surface area contributed by atoms with Crippen LogP contribution in [-0.2, 0) is 9.57 Å². The van der Waals surface area contributed by atoms with Gasteiger partial charge in [-0.1, -0.05) is 16.8 Å². The molecule has 1 aliphatic rings. The van der Waals surface area contributed by atoms with Crippen molar-refractivity contribution in [3.05, 3.63) is 35.1 Å². The van der Waals surface area contributed by atoms with Gasteiger partial charge in [0, 0.05) is 18.8 Å². The summed E-state index contributed by atoms with van der Waals surface area (Å²) in [5.41, 5.74) is 8.19. The molecule has 0 atom stereocenters. The largest absolute Gasteiger partial charge is 0.399 e. The minimum Gasteiger partial charge on any atom is -0.399 e. The van der Waals surface area contributed by atoms with Crippen LogP contribution in [0.5, 0.6) is 0 Å². The van der Waals surface area contributed by atoms with Crippen LogP contribution in [0.3, 0.4) is 0 Å². The van der Waals surface area contributed by atoms with Gasteiger partial charge in [-0.3, -0.25) is 0 Å². The number of nitrogens with one attached hydrogen (secondary N) is 1. The molecule has 9 heteroatoms. The van der Waals surface area contributed by atoms with E-state index in [0.29, 0.717) is 35.4 Å². The molecule has 0 bridgehead atoms. The predicted molar refractivity (Wildman–Crippen MR) is 98.8 cm³/mol. The number of ether oxygens (including phenoxy) is 1. The Kier molecular flexibility index (Phi) is 5.52. The summed E-state index contributed by atoms with van der Waals surface area (Å²) in [4.78, 5) is 15.1. The average molecular weight is 363 g/mol. The van der Waals surface area contributed by atoms with E-state index in [0.717, 1.165) is 24.5 Å². The number of nitrogens with zero attached hydrogens (tertiary/aromatic N) is 4. The fourth-order valence-corrected chi connectivity index (χ4v) is 2.82. The van der Waals surface area contributed by atoms with Gasteiger partial charge in [0.2, 0.25) is 0 Å². The van der Waals surface area contributed by atoms with Crippen molar-refractivity contribution in [3.8, 4) is 0 Å². The number of morpholine rings is 1. The highest BCUT2D eigenvalue weighted by atomic mass is 35.5. The van der Waals surface area contributed by atoms with Crippen LogP contribution in [0, 0.1) is 0 Å². The second kappa shape index (κ2) is 8.00. The molecule has 1 aliphatic heterocycles. The number of halogens is 1. The third-order valence-corrected chi connectivity index (χ3v) is 4.07. The molecule has 0 saturated carbocycles. The summed E-state index contributed by atoms with van der Waals surface area (Å²) in [6.07, 6.45) is 2.84. The lowest BCUT2D eigenvalue weighted by molar-refractivity contribution is 0.122. The molecule has 0 unspecified atom stereocenters.